The van der Waals surface area contributed by atoms with E-state index in [0.717, 1.165) is 41.9 Å². The van der Waals surface area contributed by atoms with Gasteiger partial charge in [0.2, 0.25) is 0 Å². The molecule has 2 heterocycles. The highest BCUT2D eigenvalue weighted by molar-refractivity contribution is 6.42. The molecule has 0 saturated carbocycles. The van der Waals surface area contributed by atoms with Crippen LogP contribution >= 0.6 is 23.2 Å². The molecule has 1 aliphatic heterocycles. The highest BCUT2D eigenvalue weighted by atomic mass is 35.5. The molecule has 2 aromatic carbocycles. The maximum absolute atomic E-state index is 11.9. The maximum Gasteiger partial charge on any atom is 0.156 e. The number of benzene rings is 2. The van der Waals surface area contributed by atoms with Gasteiger partial charge >= 0.3 is 0 Å². The van der Waals surface area contributed by atoms with Crippen LogP contribution in [-0.2, 0) is 4.79 Å². The predicted molar refractivity (Wildman–Crippen MR) is 127 cm³/mol. The summed E-state index contributed by atoms with van der Waals surface area (Å²) in [5.74, 6) is 0.730. The smallest absolute Gasteiger partial charge is 0.156 e. The van der Waals surface area contributed by atoms with Crippen molar-refractivity contribution in [3.05, 3.63) is 76.3 Å². The SMILES string of the molecule is C=CC=O.CNc1ccccc1C1CCNc2c(C=O)c(-c3ccc(Cl)c(Cl)c3)nn21. The Morgan fingerprint density at radius 3 is 2.58 bits per heavy atom. The number of para-hydroxylation sites is 1. The van der Waals surface area contributed by atoms with Gasteiger partial charge in [0, 0.05) is 24.8 Å². The van der Waals surface area contributed by atoms with Crippen molar-refractivity contribution in [3.63, 3.8) is 0 Å². The molecular formula is C23H22Cl2N4O2. The minimum Gasteiger partial charge on any atom is -0.388 e. The number of allylic oxidation sites excluding steroid dienone is 1. The minimum atomic E-state index is 0.0279. The molecule has 0 radical (unpaired) electrons. The molecule has 4 rings (SSSR count). The van der Waals surface area contributed by atoms with Gasteiger partial charge in [-0.25, -0.2) is 4.68 Å². The van der Waals surface area contributed by atoms with Crippen molar-refractivity contribution in [2.75, 3.05) is 24.2 Å². The predicted octanol–water partition coefficient (Wildman–Crippen LogP) is 5.49. The van der Waals surface area contributed by atoms with Gasteiger partial charge in [-0.05, 0) is 36.3 Å². The molecule has 1 unspecified atom stereocenters. The lowest BCUT2D eigenvalue weighted by atomic mass is 10.00. The molecule has 2 N–H and O–H groups in total. The monoisotopic (exact) mass is 456 g/mol. The minimum absolute atomic E-state index is 0.0279. The van der Waals surface area contributed by atoms with Gasteiger partial charge in [-0.1, -0.05) is 54.0 Å². The third-order valence-corrected chi connectivity index (χ3v) is 5.69. The van der Waals surface area contributed by atoms with Crippen LogP contribution in [0.3, 0.4) is 0 Å². The molecule has 0 spiro atoms. The number of hydrogen-bond donors (Lipinski definition) is 2. The van der Waals surface area contributed by atoms with Gasteiger partial charge in [0.1, 0.15) is 17.8 Å². The Labute approximate surface area is 190 Å². The highest BCUT2D eigenvalue weighted by Gasteiger charge is 2.29. The second-order valence-corrected chi connectivity index (χ2v) is 7.56. The number of hydrogen-bond acceptors (Lipinski definition) is 5. The van der Waals surface area contributed by atoms with E-state index in [-0.39, 0.29) is 6.04 Å². The second kappa shape index (κ2) is 10.3. The summed E-state index contributed by atoms with van der Waals surface area (Å²) in [4.78, 5) is 20.9. The first kappa shape index (κ1) is 22.6. The molecule has 0 aliphatic carbocycles. The summed E-state index contributed by atoms with van der Waals surface area (Å²) >= 11 is 12.2. The lowest BCUT2D eigenvalue weighted by Gasteiger charge is -2.27. The number of fused-ring (bicyclic) bond motifs is 1. The van der Waals surface area contributed by atoms with E-state index in [1.54, 1.807) is 12.1 Å². The van der Waals surface area contributed by atoms with E-state index >= 15 is 0 Å². The molecule has 0 saturated heterocycles. The van der Waals surface area contributed by atoms with Gasteiger partial charge in [-0.15, -0.1) is 0 Å². The largest absolute Gasteiger partial charge is 0.388 e. The number of nitrogens with one attached hydrogen (secondary N) is 2. The van der Waals surface area contributed by atoms with E-state index in [1.165, 1.54) is 6.08 Å². The molecule has 0 bridgehead atoms. The van der Waals surface area contributed by atoms with E-state index in [9.17, 15) is 4.79 Å². The summed E-state index contributed by atoms with van der Waals surface area (Å²) in [6.45, 7) is 3.87. The first-order valence-corrected chi connectivity index (χ1v) is 10.4. The molecule has 0 amide bonds. The van der Waals surface area contributed by atoms with Crippen LogP contribution in [0.4, 0.5) is 11.5 Å². The number of halogens is 2. The van der Waals surface area contributed by atoms with E-state index in [1.807, 2.05) is 36.0 Å². The molecule has 8 heteroatoms. The molecule has 3 aromatic rings. The van der Waals surface area contributed by atoms with Crippen molar-refractivity contribution in [2.45, 2.75) is 12.5 Å². The van der Waals surface area contributed by atoms with E-state index in [2.05, 4.69) is 23.3 Å². The Hall–Kier alpha value is -3.09. The van der Waals surface area contributed by atoms with Crippen molar-refractivity contribution in [2.24, 2.45) is 0 Å². The van der Waals surface area contributed by atoms with Gasteiger partial charge in [0.15, 0.2) is 6.29 Å². The van der Waals surface area contributed by atoms with Gasteiger partial charge in [-0.2, -0.15) is 5.10 Å². The summed E-state index contributed by atoms with van der Waals surface area (Å²) in [6.07, 6.45) is 3.54. The molecule has 31 heavy (non-hydrogen) atoms. The highest BCUT2D eigenvalue weighted by Crippen LogP contribution is 2.39. The molecule has 0 fully saturated rings. The van der Waals surface area contributed by atoms with E-state index < -0.39 is 0 Å². The Balaban J connectivity index is 0.000000628. The summed E-state index contributed by atoms with van der Waals surface area (Å²) in [5, 5.41) is 12.3. The van der Waals surface area contributed by atoms with Crippen LogP contribution in [0.25, 0.3) is 11.3 Å². The number of nitrogens with zero attached hydrogens (tertiary/aromatic N) is 2. The molecule has 1 aromatic heterocycles. The maximum atomic E-state index is 11.9. The summed E-state index contributed by atoms with van der Waals surface area (Å²) in [5.41, 5.74) is 4.08. The Morgan fingerprint density at radius 2 is 1.94 bits per heavy atom. The fraction of sp³-hybridized carbons (Fsp3) is 0.174. The molecule has 6 nitrogen and oxygen atoms in total. The van der Waals surface area contributed by atoms with Crippen LogP contribution in [0.5, 0.6) is 0 Å². The van der Waals surface area contributed by atoms with Gasteiger partial charge < -0.3 is 10.6 Å². The summed E-state index contributed by atoms with van der Waals surface area (Å²) in [7, 11) is 1.90. The van der Waals surface area contributed by atoms with Crippen LogP contribution in [-0.4, -0.2) is 35.9 Å². The van der Waals surface area contributed by atoms with Gasteiger partial charge in [0.25, 0.3) is 0 Å². The van der Waals surface area contributed by atoms with Crippen molar-refractivity contribution < 1.29 is 9.59 Å². The molecule has 1 atom stereocenters. The van der Waals surface area contributed by atoms with Crippen molar-refractivity contribution in [3.8, 4) is 11.3 Å². The van der Waals surface area contributed by atoms with Crippen LogP contribution < -0.4 is 10.6 Å². The van der Waals surface area contributed by atoms with Crippen LogP contribution in [0.1, 0.15) is 28.4 Å². The Kier molecular flexibility index (Phi) is 7.50. The number of aromatic nitrogens is 2. The fourth-order valence-corrected chi connectivity index (χ4v) is 3.87. The molecular weight excluding hydrogens is 435 g/mol. The quantitative estimate of drug-likeness (QED) is 0.392. The molecule has 160 valence electrons. The van der Waals surface area contributed by atoms with Gasteiger partial charge in [-0.3, -0.25) is 9.59 Å². The van der Waals surface area contributed by atoms with Crippen molar-refractivity contribution >= 4 is 47.3 Å². The molecule has 1 aliphatic rings. The number of rotatable bonds is 5. The fourth-order valence-electron chi connectivity index (χ4n) is 3.57. The van der Waals surface area contributed by atoms with Crippen molar-refractivity contribution in [1.82, 2.24) is 9.78 Å². The zero-order valence-corrected chi connectivity index (χ0v) is 18.5. The van der Waals surface area contributed by atoms with Crippen molar-refractivity contribution in [1.29, 1.82) is 0 Å². The Bertz CT molecular complexity index is 1100. The van der Waals surface area contributed by atoms with E-state index in [0.29, 0.717) is 27.6 Å². The topological polar surface area (TPSA) is 76.0 Å². The number of anilines is 2. The average Bonchev–Trinajstić information content (AvgIpc) is 3.19. The first-order valence-electron chi connectivity index (χ1n) is 9.65. The third-order valence-electron chi connectivity index (χ3n) is 4.95. The summed E-state index contributed by atoms with van der Waals surface area (Å²) in [6, 6.07) is 13.5. The lowest BCUT2D eigenvalue weighted by molar-refractivity contribution is -0.104. The van der Waals surface area contributed by atoms with Crippen LogP contribution in [0.15, 0.2) is 55.1 Å². The Morgan fingerprint density at radius 1 is 1.19 bits per heavy atom. The van der Waals surface area contributed by atoms with Gasteiger partial charge in [0.05, 0.1) is 21.7 Å². The van der Waals surface area contributed by atoms with Crippen LogP contribution in [0.2, 0.25) is 10.0 Å². The first-order chi connectivity index (χ1) is 15.0. The third kappa shape index (κ3) is 4.65. The normalized spacial score (nSPS) is 14.4. The summed E-state index contributed by atoms with van der Waals surface area (Å²) < 4.78 is 1.90. The second-order valence-electron chi connectivity index (χ2n) is 6.74. The number of carbonyl (C=O) groups excluding carboxylic acids is 2. The van der Waals surface area contributed by atoms with Crippen LogP contribution in [0, 0.1) is 0 Å². The number of carbonyl (C=O) groups is 2. The number of aldehydes is 2. The standard InChI is InChI=1S/C20H18Cl2N4O.C3H4O/c1-23-17-5-3-2-4-13(17)18-8-9-24-20-14(11-27)19(25-26(18)20)12-6-7-15(21)16(22)10-12;1-2-3-4/h2-7,10-11,18,23-24H,8-9H2,1H3;2-3H,1H2. The van der Waals surface area contributed by atoms with E-state index in [4.69, 9.17) is 33.1 Å². The zero-order valence-electron chi connectivity index (χ0n) is 16.9. The average molecular weight is 457 g/mol. The zero-order chi connectivity index (χ0) is 22.4. The lowest BCUT2D eigenvalue weighted by Crippen LogP contribution is -2.25.